The molecule has 0 saturated carbocycles. The fraction of sp³-hybridized carbons (Fsp3) is 0.600. The monoisotopic (exact) mass is 339 g/mol. The largest absolute Gasteiger partial charge is 0.481 e. The maximum atomic E-state index is 11.9. The van der Waals surface area contributed by atoms with Crippen molar-refractivity contribution in [1.29, 1.82) is 0 Å². The van der Waals surface area contributed by atoms with Gasteiger partial charge in [-0.3, -0.25) is 10.9 Å². The molecule has 136 valence electrons. The summed E-state index contributed by atoms with van der Waals surface area (Å²) in [4.78, 5) is 12.8. The Kier molecular flexibility index (Phi) is 21.0. The minimum atomic E-state index is -4.33. The number of methoxy groups -OCH3 is 1. The predicted octanol–water partition coefficient (Wildman–Crippen LogP) is 3.46. The third-order valence-corrected chi connectivity index (χ3v) is 1.93. The Morgan fingerprint density at radius 1 is 1.22 bits per heavy atom. The summed E-state index contributed by atoms with van der Waals surface area (Å²) in [6, 6.07) is 2.09. The van der Waals surface area contributed by atoms with Crippen LogP contribution in [0.1, 0.15) is 39.2 Å². The Morgan fingerprint density at radius 2 is 1.74 bits per heavy atom. The number of hydrogen-bond acceptors (Lipinski definition) is 5. The van der Waals surface area contributed by atoms with Gasteiger partial charge in [-0.15, -0.1) is 0 Å². The molecule has 0 amide bonds. The molecule has 0 bridgehead atoms. The maximum Gasteiger partial charge on any atom is 0.417 e. The van der Waals surface area contributed by atoms with E-state index in [1.165, 1.54) is 13.2 Å². The molecule has 1 aromatic rings. The summed E-state index contributed by atoms with van der Waals surface area (Å²) < 4.78 is 40.4. The molecule has 1 heterocycles. The third-order valence-electron chi connectivity index (χ3n) is 1.93. The van der Waals surface area contributed by atoms with Crippen molar-refractivity contribution in [3.8, 4) is 5.88 Å². The molecule has 1 rings (SSSR count). The molecular formula is C15H28F3N3O2. The zero-order valence-corrected chi connectivity index (χ0v) is 14.6. The van der Waals surface area contributed by atoms with Crippen LogP contribution in [0.15, 0.2) is 18.3 Å². The number of halogens is 3. The smallest absolute Gasteiger partial charge is 0.417 e. The number of rotatable bonds is 4. The van der Waals surface area contributed by atoms with Crippen LogP contribution >= 0.6 is 0 Å². The maximum absolute atomic E-state index is 11.9. The van der Waals surface area contributed by atoms with Crippen molar-refractivity contribution < 1.29 is 22.7 Å². The summed E-state index contributed by atoms with van der Waals surface area (Å²) in [6.45, 7) is 5.98. The van der Waals surface area contributed by atoms with Gasteiger partial charge < -0.3 is 9.53 Å². The van der Waals surface area contributed by atoms with Crippen LogP contribution in [-0.2, 0) is 11.0 Å². The van der Waals surface area contributed by atoms with E-state index in [2.05, 4.69) is 20.6 Å². The number of carbonyl (C=O) groups excluding carboxylic acids is 1. The molecule has 0 aliphatic carbocycles. The van der Waals surface area contributed by atoms with Gasteiger partial charge in [0.05, 0.1) is 12.7 Å². The molecule has 23 heavy (non-hydrogen) atoms. The molecule has 0 saturated heterocycles. The first-order valence-electron chi connectivity index (χ1n) is 7.21. The van der Waals surface area contributed by atoms with Gasteiger partial charge in [-0.1, -0.05) is 20.8 Å². The highest BCUT2D eigenvalue weighted by molar-refractivity contribution is 5.48. The Morgan fingerprint density at radius 3 is 1.91 bits per heavy atom. The van der Waals surface area contributed by atoms with Crippen LogP contribution in [0.25, 0.3) is 0 Å². The molecule has 8 heteroatoms. The molecule has 1 aromatic heterocycles. The Hall–Kier alpha value is -1.67. The lowest BCUT2D eigenvalue weighted by Crippen LogP contribution is -2.21. The van der Waals surface area contributed by atoms with Crippen molar-refractivity contribution in [2.45, 2.75) is 39.8 Å². The number of hydrazine groups is 1. The molecular weight excluding hydrogens is 311 g/mol. The number of aromatic nitrogens is 1. The van der Waals surface area contributed by atoms with Gasteiger partial charge in [0, 0.05) is 18.7 Å². The molecule has 2 N–H and O–H groups in total. The zero-order chi connectivity index (χ0) is 18.7. The molecule has 0 fully saturated rings. The molecule has 0 aromatic carbocycles. The van der Waals surface area contributed by atoms with Gasteiger partial charge in [-0.2, -0.15) is 13.2 Å². The van der Waals surface area contributed by atoms with E-state index in [4.69, 9.17) is 0 Å². The molecule has 0 aliphatic heterocycles. The Labute approximate surface area is 136 Å². The average Bonchev–Trinajstić information content (AvgIpc) is 2.57. The molecule has 0 aliphatic rings. The van der Waals surface area contributed by atoms with Crippen molar-refractivity contribution in [3.05, 3.63) is 23.9 Å². The van der Waals surface area contributed by atoms with Crippen LogP contribution in [0.2, 0.25) is 0 Å². The van der Waals surface area contributed by atoms with E-state index in [1.807, 2.05) is 34.9 Å². The van der Waals surface area contributed by atoms with Gasteiger partial charge in [-0.25, -0.2) is 4.98 Å². The number of alkyl halides is 3. The first kappa shape index (κ1) is 26.2. The first-order valence-corrected chi connectivity index (χ1v) is 7.21. The molecule has 0 unspecified atom stereocenters. The van der Waals surface area contributed by atoms with Gasteiger partial charge >= 0.3 is 6.18 Å². The second-order valence-electron chi connectivity index (χ2n) is 3.54. The minimum absolute atomic E-state index is 0.169. The number of nitrogens with one attached hydrogen (secondary N) is 2. The molecule has 0 atom stereocenters. The highest BCUT2D eigenvalue weighted by atomic mass is 19.4. The second kappa shape index (κ2) is 18.4. The van der Waals surface area contributed by atoms with Crippen LogP contribution in [0.3, 0.4) is 0 Å². The average molecular weight is 339 g/mol. The van der Waals surface area contributed by atoms with Crippen molar-refractivity contribution in [2.24, 2.45) is 0 Å². The first-order chi connectivity index (χ1) is 10.9. The summed E-state index contributed by atoms with van der Waals surface area (Å²) in [7, 11) is 4.98. The number of unbranched alkanes of at least 4 members (excludes halogenated alkanes) is 1. The van der Waals surface area contributed by atoms with Gasteiger partial charge in [0.1, 0.15) is 6.29 Å². The van der Waals surface area contributed by atoms with E-state index < -0.39 is 11.7 Å². The van der Waals surface area contributed by atoms with Crippen molar-refractivity contribution in [2.75, 3.05) is 21.2 Å². The molecule has 0 spiro atoms. The van der Waals surface area contributed by atoms with E-state index in [-0.39, 0.29) is 5.88 Å². The summed E-state index contributed by atoms with van der Waals surface area (Å²) in [5, 5.41) is 0. The van der Waals surface area contributed by atoms with Crippen LogP contribution in [0, 0.1) is 0 Å². The van der Waals surface area contributed by atoms with E-state index in [0.717, 1.165) is 25.0 Å². The predicted molar refractivity (Wildman–Crippen MR) is 86.2 cm³/mol. The second-order valence-corrected chi connectivity index (χ2v) is 3.54. The fourth-order valence-electron chi connectivity index (χ4n) is 0.787. The van der Waals surface area contributed by atoms with Crippen LogP contribution in [-0.4, -0.2) is 32.5 Å². The summed E-state index contributed by atoms with van der Waals surface area (Å²) >= 11 is 0. The molecule has 5 nitrogen and oxygen atoms in total. The minimum Gasteiger partial charge on any atom is -0.481 e. The number of carbonyl (C=O) groups is 1. The topological polar surface area (TPSA) is 63.2 Å². The van der Waals surface area contributed by atoms with E-state index in [9.17, 15) is 18.0 Å². The van der Waals surface area contributed by atoms with Gasteiger partial charge in [-0.05, 0) is 26.6 Å². The fourth-order valence-corrected chi connectivity index (χ4v) is 0.787. The number of ether oxygens (including phenoxy) is 1. The highest BCUT2D eigenvalue weighted by Gasteiger charge is 2.30. The van der Waals surface area contributed by atoms with Gasteiger partial charge in [0.15, 0.2) is 0 Å². The van der Waals surface area contributed by atoms with Crippen LogP contribution in [0.5, 0.6) is 5.88 Å². The van der Waals surface area contributed by atoms with Crippen molar-refractivity contribution in [1.82, 2.24) is 15.8 Å². The van der Waals surface area contributed by atoms with Crippen LogP contribution in [0.4, 0.5) is 13.2 Å². The summed E-state index contributed by atoms with van der Waals surface area (Å²) in [6.07, 6.45) is -0.985. The lowest BCUT2D eigenvalue weighted by molar-refractivity contribution is -0.137. The SMILES string of the molecule is CC.CCCC=O.CNNC.COc1ccc(C(F)(F)F)cn1. The van der Waals surface area contributed by atoms with Gasteiger partial charge in [0.2, 0.25) is 5.88 Å². The number of pyridine rings is 1. The Balaban J connectivity index is -0.000000304. The van der Waals surface area contributed by atoms with E-state index in [0.29, 0.717) is 6.42 Å². The highest BCUT2D eigenvalue weighted by Crippen LogP contribution is 2.28. The van der Waals surface area contributed by atoms with Crippen molar-refractivity contribution >= 4 is 6.29 Å². The summed E-state index contributed by atoms with van der Waals surface area (Å²) in [5.74, 6) is 0.169. The number of hydrogen-bond donors (Lipinski definition) is 2. The quantitative estimate of drug-likeness (QED) is 0.650. The summed E-state index contributed by atoms with van der Waals surface area (Å²) in [5.41, 5.74) is 4.59. The third kappa shape index (κ3) is 18.3. The lowest BCUT2D eigenvalue weighted by atomic mass is 10.3. The number of aldehydes is 1. The normalized spacial score (nSPS) is 9.09. The van der Waals surface area contributed by atoms with E-state index in [1.54, 1.807) is 0 Å². The lowest BCUT2D eigenvalue weighted by Gasteiger charge is -2.05. The van der Waals surface area contributed by atoms with Crippen molar-refractivity contribution in [3.63, 3.8) is 0 Å². The zero-order valence-electron chi connectivity index (χ0n) is 14.6. The van der Waals surface area contributed by atoms with E-state index >= 15 is 0 Å². The molecule has 0 radical (unpaired) electrons. The number of nitrogens with zero attached hydrogens (tertiary/aromatic N) is 1. The standard InChI is InChI=1S/C7H6F3NO.C4H8O.C2H8N2.C2H6/c1-12-6-3-2-5(4-11-6)7(8,9)10;1-2-3-4-5;1-3-4-2;1-2/h2-4H,1H3;4H,2-3H2,1H3;3-4H,1-2H3;1-2H3. The van der Waals surface area contributed by atoms with Gasteiger partial charge in [0.25, 0.3) is 0 Å². The van der Waals surface area contributed by atoms with Crippen LogP contribution < -0.4 is 15.6 Å². The Bertz CT molecular complexity index is 356.